The molecule has 1 aliphatic heterocycles. The summed E-state index contributed by atoms with van der Waals surface area (Å²) in [7, 11) is 1.44. The molecule has 154 valence electrons. The second kappa shape index (κ2) is 7.32. The van der Waals surface area contributed by atoms with E-state index in [9.17, 15) is 13.6 Å². The van der Waals surface area contributed by atoms with E-state index >= 15 is 0 Å². The zero-order valence-electron chi connectivity index (χ0n) is 16.0. The fourth-order valence-corrected chi connectivity index (χ4v) is 3.05. The Bertz CT molecular complexity index is 863. The predicted molar refractivity (Wildman–Crippen MR) is 97.7 cm³/mol. The number of nitrogens with one attached hydrogen (secondary N) is 1. The van der Waals surface area contributed by atoms with Crippen molar-refractivity contribution in [3.8, 4) is 5.88 Å². The Balaban J connectivity index is 1.85. The number of aryl methyl sites for hydroxylation is 1. The minimum atomic E-state index is -3.91. The average Bonchev–Trinajstić information content (AvgIpc) is 3.23. The summed E-state index contributed by atoms with van der Waals surface area (Å²) in [5.74, 6) is -0.543. The van der Waals surface area contributed by atoms with E-state index in [-0.39, 0.29) is 11.8 Å². The first-order valence-electron chi connectivity index (χ1n) is 8.77. The number of halogens is 3. The van der Waals surface area contributed by atoms with E-state index < -0.39 is 22.9 Å². The van der Waals surface area contributed by atoms with Gasteiger partial charge in [0.1, 0.15) is 17.6 Å². The number of hydrogen-bond donors (Lipinski definition) is 1. The first-order valence-corrected chi connectivity index (χ1v) is 9.15. The van der Waals surface area contributed by atoms with Gasteiger partial charge in [-0.15, -0.1) is 13.9 Å². The number of carbonyl (C=O) groups excluding carboxylic acids is 1. The lowest BCUT2D eigenvalue weighted by molar-refractivity contribution is -0.0993. The van der Waals surface area contributed by atoms with E-state index in [1.54, 1.807) is 10.7 Å². The summed E-state index contributed by atoms with van der Waals surface area (Å²) in [5.41, 5.74) is -3.56. The van der Waals surface area contributed by atoms with Crippen LogP contribution in [0, 0.1) is 0 Å². The first-order chi connectivity index (χ1) is 12.9. The van der Waals surface area contributed by atoms with Crippen LogP contribution in [0.4, 0.5) is 14.6 Å². The number of aromatic nitrogens is 4. The summed E-state index contributed by atoms with van der Waals surface area (Å²) in [6.07, 6.45) is 1.71. The summed E-state index contributed by atoms with van der Waals surface area (Å²) in [5, 5.41) is 11.1. The number of nitrogens with zero attached hydrogens (tertiary/aromatic N) is 4. The maximum absolute atomic E-state index is 12.8. The maximum atomic E-state index is 12.8. The van der Waals surface area contributed by atoms with Crippen LogP contribution in [0.2, 0.25) is 0 Å². The molecule has 1 amide bonds. The number of rotatable bonds is 5. The fourth-order valence-electron chi connectivity index (χ4n) is 2.97. The monoisotopic (exact) mass is 417 g/mol. The van der Waals surface area contributed by atoms with Crippen molar-refractivity contribution >= 4 is 23.3 Å². The molecule has 1 N–H and O–H groups in total. The lowest BCUT2D eigenvalue weighted by atomic mass is 10.1. The van der Waals surface area contributed by atoms with Gasteiger partial charge in [-0.25, -0.2) is 4.68 Å². The van der Waals surface area contributed by atoms with E-state index in [1.165, 1.54) is 7.05 Å². The Morgan fingerprint density at radius 3 is 2.64 bits per heavy atom. The van der Waals surface area contributed by atoms with E-state index in [2.05, 4.69) is 20.3 Å². The molecule has 0 bridgehead atoms. The topological polar surface area (TPSA) is 83.2 Å². The van der Waals surface area contributed by atoms with Crippen LogP contribution >= 0.6 is 11.6 Å². The molecule has 0 radical (unpaired) electrons. The normalized spacial score (nSPS) is 17.8. The molecule has 3 rings (SSSR count). The van der Waals surface area contributed by atoms with E-state index in [4.69, 9.17) is 16.3 Å². The third-order valence-corrected chi connectivity index (χ3v) is 4.25. The molecule has 0 aliphatic carbocycles. The second-order valence-corrected chi connectivity index (χ2v) is 7.97. The van der Waals surface area contributed by atoms with Gasteiger partial charge in [0.2, 0.25) is 5.88 Å². The highest BCUT2D eigenvalue weighted by molar-refractivity contribution is 6.20. The van der Waals surface area contributed by atoms with Gasteiger partial charge in [0.05, 0.1) is 11.2 Å². The van der Waals surface area contributed by atoms with E-state index in [0.717, 1.165) is 29.3 Å². The molecule has 28 heavy (non-hydrogen) atoms. The molecule has 1 saturated heterocycles. The lowest BCUT2D eigenvalue weighted by Gasteiger charge is -2.22. The van der Waals surface area contributed by atoms with Gasteiger partial charge in [-0.05, 0) is 33.6 Å². The number of carbonyl (C=O) groups is 1. The highest BCUT2D eigenvalue weighted by Gasteiger charge is 2.31. The number of amides is 1. The third-order valence-electron chi connectivity index (χ3n) is 4.18. The van der Waals surface area contributed by atoms with Crippen molar-refractivity contribution in [1.29, 1.82) is 0 Å². The van der Waals surface area contributed by atoms with E-state index in [1.807, 2.05) is 20.8 Å². The predicted octanol–water partition coefficient (Wildman–Crippen LogP) is 3.64. The largest absolute Gasteiger partial charge is 0.488 e. The van der Waals surface area contributed by atoms with Gasteiger partial charge in [-0.3, -0.25) is 9.48 Å². The summed E-state index contributed by atoms with van der Waals surface area (Å²) >= 11 is 4.75. The van der Waals surface area contributed by atoms with Gasteiger partial charge >= 0.3 is 5.57 Å². The number of alkyl halides is 3. The Labute approximate surface area is 165 Å². The smallest absolute Gasteiger partial charge is 0.400 e. The van der Waals surface area contributed by atoms with Crippen molar-refractivity contribution in [3.05, 3.63) is 23.5 Å². The average molecular weight is 418 g/mol. The summed E-state index contributed by atoms with van der Waals surface area (Å²) in [4.78, 5) is 12.7. The van der Waals surface area contributed by atoms with Gasteiger partial charge in [0, 0.05) is 37.4 Å². The van der Waals surface area contributed by atoms with Crippen molar-refractivity contribution < 1.29 is 23.0 Å². The molecule has 1 atom stereocenters. The van der Waals surface area contributed by atoms with Crippen molar-refractivity contribution in [1.82, 2.24) is 19.6 Å². The van der Waals surface area contributed by atoms with Gasteiger partial charge in [0.25, 0.3) is 5.91 Å². The van der Waals surface area contributed by atoms with Crippen LogP contribution in [0.15, 0.2) is 12.1 Å². The molecular formula is C17H22ClF2N5O3. The molecule has 11 heteroatoms. The fraction of sp³-hybridized carbons (Fsp3) is 0.588. The second-order valence-electron chi connectivity index (χ2n) is 7.53. The molecule has 0 spiro atoms. The summed E-state index contributed by atoms with van der Waals surface area (Å²) in [6.45, 7) is 6.53. The molecule has 2 aromatic rings. The number of ether oxygens (including phenoxy) is 2. The van der Waals surface area contributed by atoms with Gasteiger partial charge in [0.15, 0.2) is 0 Å². The van der Waals surface area contributed by atoms with Crippen LogP contribution in [-0.2, 0) is 17.3 Å². The molecule has 8 nitrogen and oxygen atoms in total. The highest BCUT2D eigenvalue weighted by atomic mass is 35.5. The third kappa shape index (κ3) is 4.61. The van der Waals surface area contributed by atoms with Crippen molar-refractivity contribution in [2.24, 2.45) is 7.05 Å². The van der Waals surface area contributed by atoms with Crippen molar-refractivity contribution in [3.63, 3.8) is 0 Å². The van der Waals surface area contributed by atoms with E-state index in [0.29, 0.717) is 12.4 Å². The molecule has 0 aromatic carbocycles. The Morgan fingerprint density at radius 2 is 2.07 bits per heavy atom. The first kappa shape index (κ1) is 20.5. The Morgan fingerprint density at radius 1 is 1.36 bits per heavy atom. The van der Waals surface area contributed by atoms with Crippen LogP contribution in [0.3, 0.4) is 0 Å². The molecule has 1 aliphatic rings. The Hall–Kier alpha value is -2.20. The standard InChI is InChI=1S/C17H22ClF2N5O3/c1-16(2,3)25-13(8-10(22-25)12-6-5-7-27-12)21-15(26)11-9-14(23-24(11)4)28-17(18,19)20/h8-9,12H,5-7H2,1-4H3,(H,21,26)/t12-/m1/s1. The van der Waals surface area contributed by atoms with Gasteiger partial charge in [-0.1, -0.05) is 0 Å². The zero-order chi connectivity index (χ0) is 20.7. The molecule has 3 heterocycles. The number of anilines is 1. The van der Waals surface area contributed by atoms with Crippen molar-refractivity contribution in [2.45, 2.75) is 50.8 Å². The summed E-state index contributed by atoms with van der Waals surface area (Å²) in [6, 6.07) is 2.85. The quantitative estimate of drug-likeness (QED) is 0.751. The van der Waals surface area contributed by atoms with Gasteiger partial charge in [-0.2, -0.15) is 5.10 Å². The van der Waals surface area contributed by atoms with Crippen molar-refractivity contribution in [2.75, 3.05) is 11.9 Å². The van der Waals surface area contributed by atoms with Crippen LogP contribution in [0.25, 0.3) is 0 Å². The SMILES string of the molecule is Cn1nc(OC(F)(F)Cl)cc1C(=O)Nc1cc([C@H]2CCCO2)nn1C(C)(C)C. The van der Waals surface area contributed by atoms with Gasteiger partial charge < -0.3 is 14.8 Å². The maximum Gasteiger partial charge on any atom is 0.488 e. The Kier molecular flexibility index (Phi) is 5.37. The van der Waals surface area contributed by atoms with Crippen LogP contribution < -0.4 is 10.1 Å². The van der Waals surface area contributed by atoms with Crippen LogP contribution in [0.5, 0.6) is 5.88 Å². The molecular weight excluding hydrogens is 396 g/mol. The summed E-state index contributed by atoms with van der Waals surface area (Å²) < 4.78 is 38.3. The highest BCUT2D eigenvalue weighted by Crippen LogP contribution is 2.32. The molecule has 2 aromatic heterocycles. The van der Waals surface area contributed by atoms with Crippen LogP contribution in [0.1, 0.15) is 55.9 Å². The zero-order valence-corrected chi connectivity index (χ0v) is 16.8. The minimum Gasteiger partial charge on any atom is -0.400 e. The lowest BCUT2D eigenvalue weighted by Crippen LogP contribution is -2.27. The number of hydrogen-bond acceptors (Lipinski definition) is 5. The molecule has 1 fully saturated rings. The molecule has 0 unspecified atom stereocenters. The molecule has 0 saturated carbocycles. The van der Waals surface area contributed by atoms with Crippen LogP contribution in [-0.4, -0.2) is 37.6 Å². The minimum absolute atomic E-state index is 0.0243.